The van der Waals surface area contributed by atoms with Crippen molar-refractivity contribution in [2.75, 3.05) is 13.1 Å². The topological polar surface area (TPSA) is 79.0 Å². The van der Waals surface area contributed by atoms with Crippen LogP contribution in [0.2, 0.25) is 0 Å². The average Bonchev–Trinajstić information content (AvgIpc) is 2.99. The van der Waals surface area contributed by atoms with E-state index >= 15 is 0 Å². The van der Waals surface area contributed by atoms with E-state index in [0.29, 0.717) is 24.1 Å². The minimum absolute atomic E-state index is 0.0856. The Morgan fingerprint density at radius 2 is 2.06 bits per heavy atom. The first-order valence-corrected chi connectivity index (χ1v) is 6.93. The van der Waals surface area contributed by atoms with Crippen molar-refractivity contribution in [1.29, 1.82) is 0 Å². The lowest BCUT2D eigenvalue weighted by Gasteiger charge is -2.13. The summed E-state index contributed by atoms with van der Waals surface area (Å²) in [6.45, 7) is 1.16. The molecular weight excluding hydrogens is 240 g/mol. The zero-order chi connectivity index (χ0) is 11.9. The molecule has 2 aromatic heterocycles. The van der Waals surface area contributed by atoms with Gasteiger partial charge in [-0.2, -0.15) is 9.40 Å². The van der Waals surface area contributed by atoms with Gasteiger partial charge in [-0.1, -0.05) is 0 Å². The molecule has 1 aliphatic rings. The van der Waals surface area contributed by atoms with Crippen molar-refractivity contribution in [3.63, 3.8) is 0 Å². The molecule has 7 heteroatoms. The number of aromatic amines is 1. The molecule has 90 valence electrons. The van der Waals surface area contributed by atoms with Gasteiger partial charge in [0.15, 0.2) is 5.65 Å². The summed E-state index contributed by atoms with van der Waals surface area (Å²) in [5.41, 5.74) is 0.505. The van der Waals surface area contributed by atoms with E-state index in [4.69, 9.17) is 0 Å². The fourth-order valence-electron chi connectivity index (χ4n) is 2.08. The number of nitrogens with zero attached hydrogens (tertiary/aromatic N) is 3. The van der Waals surface area contributed by atoms with Crippen molar-refractivity contribution >= 4 is 21.1 Å². The molecule has 6 nitrogen and oxygen atoms in total. The first-order chi connectivity index (χ1) is 8.19. The Kier molecular flexibility index (Phi) is 2.37. The van der Waals surface area contributed by atoms with Crippen LogP contribution in [0.4, 0.5) is 0 Å². The molecule has 0 aliphatic carbocycles. The van der Waals surface area contributed by atoms with Crippen LogP contribution in [0.15, 0.2) is 23.4 Å². The van der Waals surface area contributed by atoms with Crippen molar-refractivity contribution in [3.8, 4) is 0 Å². The predicted octanol–water partition coefficient (Wildman–Crippen LogP) is 0.742. The number of hydrogen-bond donors (Lipinski definition) is 1. The van der Waals surface area contributed by atoms with E-state index in [1.807, 2.05) is 0 Å². The molecule has 0 bridgehead atoms. The molecule has 0 aromatic carbocycles. The van der Waals surface area contributed by atoms with Crippen molar-refractivity contribution < 1.29 is 8.42 Å². The minimum atomic E-state index is -3.47. The van der Waals surface area contributed by atoms with Gasteiger partial charge in [0.2, 0.25) is 5.03 Å². The molecule has 1 saturated heterocycles. The summed E-state index contributed by atoms with van der Waals surface area (Å²) >= 11 is 0. The highest BCUT2D eigenvalue weighted by molar-refractivity contribution is 7.89. The van der Waals surface area contributed by atoms with Crippen molar-refractivity contribution in [2.24, 2.45) is 0 Å². The van der Waals surface area contributed by atoms with Crippen LogP contribution in [-0.4, -0.2) is 41.0 Å². The molecule has 3 heterocycles. The predicted molar refractivity (Wildman–Crippen MR) is 61.9 cm³/mol. The second-order valence-corrected chi connectivity index (χ2v) is 5.89. The Morgan fingerprint density at radius 3 is 2.82 bits per heavy atom. The van der Waals surface area contributed by atoms with Gasteiger partial charge in [-0.15, -0.1) is 0 Å². The standard InChI is InChI=1S/C10H12N4O2S/c15-17(16,14-6-1-2-7-14)10-8-4-3-5-11-9(8)12-13-10/h3-5H,1-2,6-7H2,(H,11,12,13). The lowest BCUT2D eigenvalue weighted by atomic mass is 10.4. The van der Waals surface area contributed by atoms with Crippen LogP contribution in [0, 0.1) is 0 Å². The number of hydrogen-bond acceptors (Lipinski definition) is 4. The molecule has 1 N–H and O–H groups in total. The Bertz CT molecular complexity index is 643. The maximum absolute atomic E-state index is 12.3. The molecule has 0 unspecified atom stereocenters. The number of rotatable bonds is 2. The minimum Gasteiger partial charge on any atom is -0.259 e. The van der Waals surface area contributed by atoms with Gasteiger partial charge < -0.3 is 0 Å². The molecule has 2 aromatic rings. The maximum atomic E-state index is 12.3. The van der Waals surface area contributed by atoms with E-state index in [2.05, 4.69) is 15.2 Å². The Morgan fingerprint density at radius 1 is 1.29 bits per heavy atom. The molecule has 17 heavy (non-hydrogen) atoms. The molecular formula is C10H12N4O2S. The summed E-state index contributed by atoms with van der Waals surface area (Å²) < 4.78 is 26.1. The molecule has 3 rings (SSSR count). The first-order valence-electron chi connectivity index (χ1n) is 5.49. The molecule has 1 fully saturated rings. The summed E-state index contributed by atoms with van der Waals surface area (Å²) in [5, 5.41) is 7.19. The fraction of sp³-hybridized carbons (Fsp3) is 0.400. The summed E-state index contributed by atoms with van der Waals surface area (Å²) in [4.78, 5) is 4.04. The summed E-state index contributed by atoms with van der Waals surface area (Å²) in [5.74, 6) is 0. The number of H-pyrrole nitrogens is 1. The van der Waals surface area contributed by atoms with Gasteiger partial charge in [-0.25, -0.2) is 13.4 Å². The van der Waals surface area contributed by atoms with Crippen molar-refractivity contribution in [1.82, 2.24) is 19.5 Å². The lowest BCUT2D eigenvalue weighted by Crippen LogP contribution is -2.28. The van der Waals surface area contributed by atoms with Gasteiger partial charge in [0.05, 0.1) is 5.39 Å². The Balaban J connectivity index is 2.14. The molecule has 1 aliphatic heterocycles. The third-order valence-corrected chi connectivity index (χ3v) is 4.80. The van der Waals surface area contributed by atoms with Gasteiger partial charge in [0, 0.05) is 19.3 Å². The highest BCUT2D eigenvalue weighted by Crippen LogP contribution is 2.24. The van der Waals surface area contributed by atoms with E-state index in [0.717, 1.165) is 12.8 Å². The van der Waals surface area contributed by atoms with Crippen LogP contribution < -0.4 is 0 Å². The normalized spacial score (nSPS) is 17.9. The quantitative estimate of drug-likeness (QED) is 0.855. The molecule has 0 amide bonds. The molecule has 0 spiro atoms. The number of nitrogens with one attached hydrogen (secondary N) is 1. The smallest absolute Gasteiger partial charge is 0.259 e. The maximum Gasteiger partial charge on any atom is 0.263 e. The second-order valence-electron chi connectivity index (χ2n) is 4.04. The number of aromatic nitrogens is 3. The largest absolute Gasteiger partial charge is 0.263 e. The van der Waals surface area contributed by atoms with Crippen LogP contribution in [-0.2, 0) is 10.0 Å². The summed E-state index contributed by atoms with van der Waals surface area (Å²) in [6, 6.07) is 3.43. The molecule has 0 atom stereocenters. The van der Waals surface area contributed by atoms with Crippen LogP contribution in [0.3, 0.4) is 0 Å². The van der Waals surface area contributed by atoms with Gasteiger partial charge in [-0.05, 0) is 25.0 Å². The average molecular weight is 252 g/mol. The molecule has 0 radical (unpaired) electrons. The lowest BCUT2D eigenvalue weighted by molar-refractivity contribution is 0.475. The zero-order valence-electron chi connectivity index (χ0n) is 9.13. The number of sulfonamides is 1. The number of pyridine rings is 1. The highest BCUT2D eigenvalue weighted by atomic mass is 32.2. The van der Waals surface area contributed by atoms with E-state index in [1.54, 1.807) is 18.3 Å². The van der Waals surface area contributed by atoms with Crippen molar-refractivity contribution in [2.45, 2.75) is 17.9 Å². The van der Waals surface area contributed by atoms with E-state index in [1.165, 1.54) is 4.31 Å². The Hall–Kier alpha value is -1.47. The van der Waals surface area contributed by atoms with Crippen LogP contribution in [0.5, 0.6) is 0 Å². The second kappa shape index (κ2) is 3.78. The van der Waals surface area contributed by atoms with E-state index < -0.39 is 10.0 Å². The van der Waals surface area contributed by atoms with Crippen molar-refractivity contribution in [3.05, 3.63) is 18.3 Å². The van der Waals surface area contributed by atoms with Crippen LogP contribution in [0.1, 0.15) is 12.8 Å². The third-order valence-electron chi connectivity index (χ3n) is 2.95. The highest BCUT2D eigenvalue weighted by Gasteiger charge is 2.30. The van der Waals surface area contributed by atoms with Gasteiger partial charge >= 0.3 is 0 Å². The molecule has 0 saturated carbocycles. The third kappa shape index (κ3) is 1.62. The Labute approximate surface area is 98.7 Å². The van der Waals surface area contributed by atoms with Gasteiger partial charge in [0.25, 0.3) is 10.0 Å². The van der Waals surface area contributed by atoms with Gasteiger partial charge in [-0.3, -0.25) is 5.10 Å². The van der Waals surface area contributed by atoms with E-state index in [-0.39, 0.29) is 5.03 Å². The fourth-order valence-corrected chi connectivity index (χ4v) is 3.67. The van der Waals surface area contributed by atoms with Crippen LogP contribution >= 0.6 is 0 Å². The summed E-state index contributed by atoms with van der Waals surface area (Å²) in [7, 11) is -3.47. The SMILES string of the molecule is O=S(=O)(c1n[nH]c2ncccc12)N1CCCC1. The van der Waals surface area contributed by atoms with Crippen LogP contribution in [0.25, 0.3) is 11.0 Å². The zero-order valence-corrected chi connectivity index (χ0v) is 9.94. The summed E-state index contributed by atoms with van der Waals surface area (Å²) in [6.07, 6.45) is 3.44. The number of fused-ring (bicyclic) bond motifs is 1. The van der Waals surface area contributed by atoms with Gasteiger partial charge in [0.1, 0.15) is 0 Å². The first kappa shape index (κ1) is 10.7. The van der Waals surface area contributed by atoms with E-state index in [9.17, 15) is 8.42 Å². The monoisotopic (exact) mass is 252 g/mol.